The topological polar surface area (TPSA) is 88.4 Å². The molecule has 1 N–H and O–H groups in total. The molecule has 132 valence electrons. The minimum atomic E-state index is -0.556. The number of nitro benzene ring substituents is 1. The summed E-state index contributed by atoms with van der Waals surface area (Å²) in [6.07, 6.45) is 5.46. The van der Waals surface area contributed by atoms with E-state index in [2.05, 4.69) is 22.1 Å². The number of hydrogen-bond donors (Lipinski definition) is 1. The van der Waals surface area contributed by atoms with Crippen molar-refractivity contribution >= 4 is 28.1 Å². The molecule has 1 amide bonds. The van der Waals surface area contributed by atoms with Crippen LogP contribution in [0.3, 0.4) is 0 Å². The number of nitrogens with zero attached hydrogens (tertiary/aromatic N) is 3. The quantitative estimate of drug-likeness (QED) is 0.649. The van der Waals surface area contributed by atoms with Gasteiger partial charge in [0.1, 0.15) is 5.56 Å². The number of nitro groups is 1. The van der Waals surface area contributed by atoms with E-state index < -0.39 is 10.8 Å². The fourth-order valence-corrected chi connectivity index (χ4v) is 3.85. The molecular weight excluding hydrogens is 340 g/mol. The van der Waals surface area contributed by atoms with Gasteiger partial charge in [0.25, 0.3) is 11.6 Å². The number of piperidine rings is 1. The van der Waals surface area contributed by atoms with E-state index in [1.807, 2.05) is 0 Å². The molecule has 0 bridgehead atoms. The van der Waals surface area contributed by atoms with Crippen LogP contribution in [0.5, 0.6) is 0 Å². The summed E-state index contributed by atoms with van der Waals surface area (Å²) in [5.41, 5.74) is -0.173. The lowest BCUT2D eigenvalue weighted by Crippen LogP contribution is -2.36. The Morgan fingerprint density at radius 2 is 2.24 bits per heavy atom. The van der Waals surface area contributed by atoms with Crippen molar-refractivity contribution in [3.05, 3.63) is 51.0 Å². The van der Waals surface area contributed by atoms with Crippen molar-refractivity contribution in [2.75, 3.05) is 11.9 Å². The number of anilines is 1. The second kappa shape index (κ2) is 7.71. The van der Waals surface area contributed by atoms with Crippen LogP contribution < -0.4 is 5.32 Å². The standard InChI is InChI=1S/C17H20N4O3S/c1-12-6-4-5-9-20(12)11-13-10-18-17(25-13)19-16(22)14-7-2-3-8-15(14)21(23)24/h2-3,7-8,10,12H,4-6,9,11H2,1H3,(H,18,19,22). The molecule has 1 fully saturated rings. The predicted molar refractivity (Wildman–Crippen MR) is 96.9 cm³/mol. The smallest absolute Gasteiger partial charge is 0.282 e. The van der Waals surface area contributed by atoms with Gasteiger partial charge in [0.15, 0.2) is 5.13 Å². The average Bonchev–Trinajstić information content (AvgIpc) is 3.04. The molecule has 1 atom stereocenters. The summed E-state index contributed by atoms with van der Waals surface area (Å²) in [5.74, 6) is -0.514. The Bertz CT molecular complexity index is 777. The van der Waals surface area contributed by atoms with Crippen molar-refractivity contribution in [1.82, 2.24) is 9.88 Å². The zero-order chi connectivity index (χ0) is 17.8. The molecule has 2 heterocycles. The molecule has 7 nitrogen and oxygen atoms in total. The number of hydrogen-bond acceptors (Lipinski definition) is 6. The van der Waals surface area contributed by atoms with Crippen LogP contribution >= 0.6 is 11.3 Å². The highest BCUT2D eigenvalue weighted by molar-refractivity contribution is 7.15. The maximum Gasteiger partial charge on any atom is 0.282 e. The first-order valence-corrected chi connectivity index (χ1v) is 9.10. The highest BCUT2D eigenvalue weighted by Gasteiger charge is 2.21. The van der Waals surface area contributed by atoms with Gasteiger partial charge in [0.05, 0.1) is 4.92 Å². The molecule has 1 aromatic heterocycles. The van der Waals surface area contributed by atoms with Crippen LogP contribution in [0.1, 0.15) is 41.4 Å². The van der Waals surface area contributed by atoms with Crippen LogP contribution in [0.4, 0.5) is 10.8 Å². The molecule has 0 saturated carbocycles. The summed E-state index contributed by atoms with van der Waals surface area (Å²) in [7, 11) is 0. The van der Waals surface area contributed by atoms with Crippen molar-refractivity contribution in [3.8, 4) is 0 Å². The number of likely N-dealkylation sites (tertiary alicyclic amines) is 1. The minimum absolute atomic E-state index is 0.0360. The van der Waals surface area contributed by atoms with E-state index in [4.69, 9.17) is 0 Å². The Labute approximate surface area is 149 Å². The largest absolute Gasteiger partial charge is 0.298 e. The first-order chi connectivity index (χ1) is 12.0. The fourth-order valence-electron chi connectivity index (χ4n) is 3.02. The van der Waals surface area contributed by atoms with E-state index in [0.717, 1.165) is 18.0 Å². The molecule has 1 aliphatic heterocycles. The van der Waals surface area contributed by atoms with Crippen molar-refractivity contribution in [2.45, 2.75) is 38.8 Å². The molecule has 1 aromatic carbocycles. The van der Waals surface area contributed by atoms with Crippen LogP contribution in [-0.2, 0) is 6.54 Å². The fraction of sp³-hybridized carbons (Fsp3) is 0.412. The number of carbonyl (C=O) groups excluding carboxylic acids is 1. The Morgan fingerprint density at radius 1 is 1.44 bits per heavy atom. The third-order valence-corrected chi connectivity index (χ3v) is 5.32. The van der Waals surface area contributed by atoms with Crippen molar-refractivity contribution in [3.63, 3.8) is 0 Å². The summed E-state index contributed by atoms with van der Waals surface area (Å²) in [4.78, 5) is 30.6. The number of aromatic nitrogens is 1. The lowest BCUT2D eigenvalue weighted by molar-refractivity contribution is -0.385. The third kappa shape index (κ3) is 4.21. The molecule has 8 heteroatoms. The van der Waals surface area contributed by atoms with E-state index in [9.17, 15) is 14.9 Å². The SMILES string of the molecule is CC1CCCCN1Cc1cnc(NC(=O)c2ccccc2[N+](=O)[O-])s1. The maximum atomic E-state index is 12.3. The minimum Gasteiger partial charge on any atom is -0.298 e. The van der Waals surface area contributed by atoms with Crippen molar-refractivity contribution < 1.29 is 9.72 Å². The molecule has 25 heavy (non-hydrogen) atoms. The molecule has 1 unspecified atom stereocenters. The molecule has 3 rings (SSSR count). The Balaban J connectivity index is 1.67. The van der Waals surface area contributed by atoms with Crippen LogP contribution in [0.2, 0.25) is 0 Å². The van der Waals surface area contributed by atoms with Crippen molar-refractivity contribution in [1.29, 1.82) is 0 Å². The molecule has 1 aliphatic rings. The van der Waals surface area contributed by atoms with Crippen molar-refractivity contribution in [2.24, 2.45) is 0 Å². The Morgan fingerprint density at radius 3 is 3.00 bits per heavy atom. The highest BCUT2D eigenvalue weighted by Crippen LogP contribution is 2.25. The van der Waals surface area contributed by atoms with Gasteiger partial charge in [0.2, 0.25) is 0 Å². The summed E-state index contributed by atoms with van der Waals surface area (Å²) in [6, 6.07) is 6.46. The summed E-state index contributed by atoms with van der Waals surface area (Å²) in [6.45, 7) is 4.13. The molecule has 0 radical (unpaired) electrons. The van der Waals surface area contributed by atoms with E-state index in [0.29, 0.717) is 11.2 Å². The molecule has 2 aromatic rings. The molecule has 0 spiro atoms. The second-order valence-electron chi connectivity index (χ2n) is 6.18. The van der Waals surface area contributed by atoms with Gasteiger partial charge in [-0.15, -0.1) is 11.3 Å². The van der Waals surface area contributed by atoms with Crippen LogP contribution in [0, 0.1) is 10.1 Å². The summed E-state index contributed by atoms with van der Waals surface area (Å²) in [5, 5.41) is 14.2. The van der Waals surface area contributed by atoms with E-state index in [-0.39, 0.29) is 11.3 Å². The van der Waals surface area contributed by atoms with Gasteiger partial charge in [-0.1, -0.05) is 18.6 Å². The van der Waals surface area contributed by atoms with Gasteiger partial charge < -0.3 is 0 Å². The first-order valence-electron chi connectivity index (χ1n) is 8.28. The van der Waals surface area contributed by atoms with Crippen LogP contribution in [0.25, 0.3) is 0 Å². The maximum absolute atomic E-state index is 12.3. The second-order valence-corrected chi connectivity index (χ2v) is 7.29. The first kappa shape index (κ1) is 17.5. The lowest BCUT2D eigenvalue weighted by atomic mass is 10.0. The molecule has 0 aliphatic carbocycles. The zero-order valence-corrected chi connectivity index (χ0v) is 14.8. The number of para-hydroxylation sites is 1. The summed E-state index contributed by atoms with van der Waals surface area (Å²) < 4.78 is 0. The van der Waals surface area contributed by atoms with Gasteiger partial charge >= 0.3 is 0 Å². The Kier molecular flexibility index (Phi) is 5.40. The average molecular weight is 360 g/mol. The predicted octanol–water partition coefficient (Wildman–Crippen LogP) is 3.68. The van der Waals surface area contributed by atoms with Crippen LogP contribution in [-0.4, -0.2) is 33.3 Å². The number of nitrogens with one attached hydrogen (secondary N) is 1. The number of benzene rings is 1. The number of rotatable bonds is 5. The summed E-state index contributed by atoms with van der Waals surface area (Å²) >= 11 is 1.41. The van der Waals surface area contributed by atoms with Gasteiger partial charge in [-0.25, -0.2) is 4.98 Å². The molecular formula is C17H20N4O3S. The van der Waals surface area contributed by atoms with Gasteiger partial charge in [-0.3, -0.25) is 25.1 Å². The van der Waals surface area contributed by atoms with Crippen LogP contribution in [0.15, 0.2) is 30.5 Å². The third-order valence-electron chi connectivity index (χ3n) is 4.42. The number of thiazole rings is 1. The number of amides is 1. The Hall–Kier alpha value is -2.32. The lowest BCUT2D eigenvalue weighted by Gasteiger charge is -2.32. The van der Waals surface area contributed by atoms with Gasteiger partial charge in [0, 0.05) is 29.7 Å². The van der Waals surface area contributed by atoms with E-state index in [1.54, 1.807) is 12.3 Å². The zero-order valence-electron chi connectivity index (χ0n) is 14.0. The van der Waals surface area contributed by atoms with E-state index in [1.165, 1.54) is 48.8 Å². The number of carbonyl (C=O) groups is 1. The van der Waals surface area contributed by atoms with Gasteiger partial charge in [-0.05, 0) is 32.4 Å². The highest BCUT2D eigenvalue weighted by atomic mass is 32.1. The normalized spacial score (nSPS) is 18.0. The molecule has 1 saturated heterocycles. The monoisotopic (exact) mass is 360 g/mol. The van der Waals surface area contributed by atoms with Gasteiger partial charge in [-0.2, -0.15) is 0 Å². The van der Waals surface area contributed by atoms with E-state index >= 15 is 0 Å².